The molecule has 0 unspecified atom stereocenters. The van der Waals surface area contributed by atoms with Crippen LogP contribution in [0.2, 0.25) is 0 Å². The van der Waals surface area contributed by atoms with Gasteiger partial charge in [0.1, 0.15) is 22.8 Å². The molecule has 0 aliphatic heterocycles. The fourth-order valence-electron chi connectivity index (χ4n) is 7.61. The van der Waals surface area contributed by atoms with Crippen LogP contribution < -0.4 is 9.80 Å². The maximum Gasteiger partial charge on any atom is 0.136 e. The van der Waals surface area contributed by atoms with Gasteiger partial charge in [0, 0.05) is 44.9 Å². The summed E-state index contributed by atoms with van der Waals surface area (Å²) in [4.78, 5) is 4.31. The molecule has 0 aliphatic carbocycles. The second kappa shape index (κ2) is 13.7. The first kappa shape index (κ1) is 34.3. The molecule has 270 valence electrons. The van der Waals surface area contributed by atoms with Gasteiger partial charge in [-0.05, 0) is 166 Å². The van der Waals surface area contributed by atoms with E-state index in [4.69, 9.17) is 4.42 Å². The second-order valence-electron chi connectivity index (χ2n) is 15.0. The average molecular weight is 723 g/mol. The zero-order valence-corrected chi connectivity index (χ0v) is 31.2. The third kappa shape index (κ3) is 6.46. The minimum Gasteiger partial charge on any atom is -0.456 e. The van der Waals surface area contributed by atoms with E-state index < -0.39 is 0 Å². The molecule has 9 aromatic rings. The van der Waals surface area contributed by atoms with Gasteiger partial charge in [-0.15, -0.1) is 0 Å². The van der Waals surface area contributed by atoms with Crippen LogP contribution >= 0.6 is 0 Å². The van der Waals surface area contributed by atoms with Gasteiger partial charge in [-0.1, -0.05) is 64.1 Å². The van der Waals surface area contributed by atoms with Gasteiger partial charge in [0.05, 0.1) is 0 Å². The lowest BCUT2D eigenvalue weighted by Crippen LogP contribution is -2.10. The zero-order valence-electron chi connectivity index (χ0n) is 31.2. The molecule has 0 atom stereocenters. The Morgan fingerprint density at radius 1 is 0.364 bits per heavy atom. The normalized spacial score (nSPS) is 11.8. The lowest BCUT2D eigenvalue weighted by Gasteiger charge is -2.26. The van der Waals surface area contributed by atoms with Gasteiger partial charge >= 0.3 is 0 Å². The van der Waals surface area contributed by atoms with Gasteiger partial charge in [0.25, 0.3) is 0 Å². The summed E-state index contributed by atoms with van der Waals surface area (Å²) in [6.45, 7) is 8.75. The van der Waals surface area contributed by atoms with Crippen LogP contribution in [0.5, 0.6) is 0 Å². The lowest BCUT2D eigenvalue weighted by molar-refractivity contribution is 0.627. The number of furan rings is 1. The highest BCUT2D eigenvalue weighted by Gasteiger charge is 2.18. The van der Waals surface area contributed by atoms with E-state index in [-0.39, 0.29) is 11.6 Å². The average Bonchev–Trinajstić information content (AvgIpc) is 3.53. The van der Waals surface area contributed by atoms with Crippen LogP contribution in [0.4, 0.5) is 42.9 Å². The van der Waals surface area contributed by atoms with Crippen molar-refractivity contribution >= 4 is 77.6 Å². The first-order chi connectivity index (χ1) is 26.7. The minimum absolute atomic E-state index is 0.268. The van der Waals surface area contributed by atoms with Crippen molar-refractivity contribution in [2.75, 3.05) is 9.80 Å². The Bertz CT molecular complexity index is 2630. The molecule has 0 N–H and O–H groups in total. The topological polar surface area (TPSA) is 19.6 Å². The third-order valence-corrected chi connectivity index (χ3v) is 10.7. The molecule has 1 heterocycles. The quantitative estimate of drug-likeness (QED) is 0.156. The highest BCUT2D eigenvalue weighted by atomic mass is 19.1. The Morgan fingerprint density at radius 3 is 1.04 bits per heavy atom. The maximum absolute atomic E-state index is 14.0. The molecule has 3 nitrogen and oxygen atoms in total. The Kier molecular flexibility index (Phi) is 8.58. The van der Waals surface area contributed by atoms with E-state index in [9.17, 15) is 8.78 Å². The van der Waals surface area contributed by atoms with Crippen LogP contribution in [0.15, 0.2) is 162 Å². The number of hydrogen-bond acceptors (Lipinski definition) is 3. The molecule has 0 spiro atoms. The van der Waals surface area contributed by atoms with Crippen molar-refractivity contribution in [1.82, 2.24) is 0 Å². The van der Waals surface area contributed by atoms with Crippen molar-refractivity contribution in [2.24, 2.45) is 0 Å². The molecule has 1 aromatic heterocycles. The van der Waals surface area contributed by atoms with E-state index in [1.807, 2.05) is 24.3 Å². The molecular weight excluding hydrogens is 683 g/mol. The summed E-state index contributed by atoms with van der Waals surface area (Å²) < 4.78 is 34.7. The molecule has 0 bridgehead atoms. The molecule has 0 saturated carbocycles. The number of halogens is 2. The van der Waals surface area contributed by atoms with Crippen molar-refractivity contribution < 1.29 is 13.2 Å². The van der Waals surface area contributed by atoms with Crippen LogP contribution in [0.3, 0.4) is 0 Å². The summed E-state index contributed by atoms with van der Waals surface area (Å²) in [5.74, 6) is 0.303. The van der Waals surface area contributed by atoms with Crippen LogP contribution in [0, 0.1) is 11.6 Å². The van der Waals surface area contributed by atoms with Crippen molar-refractivity contribution in [1.29, 1.82) is 0 Å². The monoisotopic (exact) mass is 722 g/mol. The third-order valence-electron chi connectivity index (χ3n) is 10.7. The fourth-order valence-corrected chi connectivity index (χ4v) is 7.61. The number of benzene rings is 8. The van der Waals surface area contributed by atoms with E-state index >= 15 is 0 Å². The molecule has 9 rings (SSSR count). The number of fused-ring (bicyclic) bond motifs is 5. The predicted octanol–water partition coefficient (Wildman–Crippen LogP) is 15.4. The van der Waals surface area contributed by atoms with Crippen molar-refractivity contribution in [3.05, 3.63) is 180 Å². The summed E-state index contributed by atoms with van der Waals surface area (Å²) in [6, 6.07) is 51.9. The standard InChI is InChI=1S/C50H40F2N2O/c1-31(2)33-5-15-41(16-6-33)53(43-21-11-39(51)12-22-43)45-19-9-35-27-47-48-28-36-10-20-46(26-38(36)30-50(48)55-49(47)29-37(35)25-45)54(44-23-13-40(52)14-24-44)42-17-7-34(8-18-42)32(3)4/h5-32H,1-4H3. The van der Waals surface area contributed by atoms with Gasteiger partial charge in [0.15, 0.2) is 0 Å². The number of nitrogens with zero attached hydrogens (tertiary/aromatic N) is 2. The summed E-state index contributed by atoms with van der Waals surface area (Å²) in [7, 11) is 0. The van der Waals surface area contributed by atoms with E-state index in [0.29, 0.717) is 11.8 Å². The second-order valence-corrected chi connectivity index (χ2v) is 15.0. The Balaban J connectivity index is 1.13. The number of hydrogen-bond donors (Lipinski definition) is 0. The SMILES string of the molecule is CC(C)c1ccc(N(c2ccc(F)cc2)c2ccc3cc4c(cc3c2)oc2cc3cc(N(c5ccc(F)cc5)c5ccc(C(C)C)cc5)ccc3cc24)cc1. The largest absolute Gasteiger partial charge is 0.456 e. The highest BCUT2D eigenvalue weighted by Crippen LogP contribution is 2.41. The number of rotatable bonds is 8. The highest BCUT2D eigenvalue weighted by molar-refractivity contribution is 6.14. The summed E-state index contributed by atoms with van der Waals surface area (Å²) >= 11 is 0. The predicted molar refractivity (Wildman–Crippen MR) is 226 cm³/mol. The Morgan fingerprint density at radius 2 is 0.691 bits per heavy atom. The molecule has 5 heteroatoms. The summed E-state index contributed by atoms with van der Waals surface area (Å²) in [6.07, 6.45) is 0. The molecular formula is C50H40F2N2O. The van der Waals surface area contributed by atoms with Crippen molar-refractivity contribution in [2.45, 2.75) is 39.5 Å². The molecule has 0 aliphatic rings. The van der Waals surface area contributed by atoms with E-state index in [2.05, 4.69) is 147 Å². The minimum atomic E-state index is -0.268. The first-order valence-corrected chi connectivity index (χ1v) is 18.8. The number of anilines is 6. The molecule has 0 radical (unpaired) electrons. The molecule has 0 saturated heterocycles. The van der Waals surface area contributed by atoms with Crippen LogP contribution in [0.25, 0.3) is 43.5 Å². The van der Waals surface area contributed by atoms with Crippen LogP contribution in [-0.2, 0) is 0 Å². The van der Waals surface area contributed by atoms with Gasteiger partial charge in [-0.3, -0.25) is 0 Å². The van der Waals surface area contributed by atoms with Gasteiger partial charge in [-0.2, -0.15) is 0 Å². The smallest absolute Gasteiger partial charge is 0.136 e. The summed E-state index contributed by atoms with van der Waals surface area (Å²) in [5.41, 5.74) is 9.82. The van der Waals surface area contributed by atoms with Gasteiger partial charge in [0.2, 0.25) is 0 Å². The van der Waals surface area contributed by atoms with Crippen LogP contribution in [-0.4, -0.2) is 0 Å². The van der Waals surface area contributed by atoms with Gasteiger partial charge in [-0.25, -0.2) is 8.78 Å². The van der Waals surface area contributed by atoms with Crippen molar-refractivity contribution in [3.63, 3.8) is 0 Å². The molecule has 0 fully saturated rings. The molecule has 0 amide bonds. The first-order valence-electron chi connectivity index (χ1n) is 18.8. The summed E-state index contributed by atoms with van der Waals surface area (Å²) in [5, 5.41) is 6.39. The zero-order chi connectivity index (χ0) is 37.8. The Labute approximate surface area is 319 Å². The lowest BCUT2D eigenvalue weighted by atomic mass is 10.0. The van der Waals surface area contributed by atoms with E-state index in [1.54, 1.807) is 0 Å². The Hall–Kier alpha value is -6.46. The van der Waals surface area contributed by atoms with Crippen LogP contribution in [0.1, 0.15) is 50.7 Å². The van der Waals surface area contributed by atoms with E-state index in [0.717, 1.165) is 77.6 Å². The van der Waals surface area contributed by atoms with Gasteiger partial charge < -0.3 is 14.2 Å². The molecule has 55 heavy (non-hydrogen) atoms. The van der Waals surface area contributed by atoms with Crippen molar-refractivity contribution in [3.8, 4) is 0 Å². The fraction of sp³-hybridized carbons (Fsp3) is 0.120. The maximum atomic E-state index is 14.0. The van der Waals surface area contributed by atoms with E-state index in [1.165, 1.54) is 35.4 Å². The molecule has 8 aromatic carbocycles.